The fourth-order valence-corrected chi connectivity index (χ4v) is 8.54. The van der Waals surface area contributed by atoms with E-state index >= 15 is 0 Å². The molecule has 2 aliphatic rings. The molecular formula is C25H21F3N4O6S3. The summed E-state index contributed by atoms with van der Waals surface area (Å²) < 4.78 is 65.2. The molecule has 0 spiro atoms. The number of nitrogens with one attached hydrogen (secondary N) is 1. The number of para-hydroxylation sites is 1. The monoisotopic (exact) mass is 626 g/mol. The molecule has 3 N–H and O–H groups in total. The number of carbonyl (C=O) groups is 3. The first-order valence-electron chi connectivity index (χ1n) is 11.9. The highest BCUT2D eigenvalue weighted by Gasteiger charge is 2.60. The van der Waals surface area contributed by atoms with E-state index in [1.807, 2.05) is 0 Å². The molecule has 16 heteroatoms. The van der Waals surface area contributed by atoms with Crippen molar-refractivity contribution in [2.24, 2.45) is 11.1 Å². The molecule has 0 radical (unpaired) electrons. The van der Waals surface area contributed by atoms with Crippen LogP contribution < -0.4 is 20.2 Å². The van der Waals surface area contributed by atoms with Gasteiger partial charge in [0.15, 0.2) is 0 Å². The van der Waals surface area contributed by atoms with Crippen LogP contribution in [0.15, 0.2) is 63.2 Å². The van der Waals surface area contributed by atoms with Crippen molar-refractivity contribution < 1.29 is 36.0 Å². The number of anilines is 2. The van der Waals surface area contributed by atoms with Gasteiger partial charge < -0.3 is 5.32 Å². The summed E-state index contributed by atoms with van der Waals surface area (Å²) in [6.07, 6.45) is -4.81. The Hall–Kier alpha value is -3.47. The van der Waals surface area contributed by atoms with Crippen LogP contribution >= 0.6 is 23.1 Å². The smallest absolute Gasteiger partial charge is 0.325 e. The van der Waals surface area contributed by atoms with E-state index in [1.165, 1.54) is 36.4 Å². The number of amides is 3. The molecular weight excluding hydrogens is 605 g/mol. The molecule has 1 fully saturated rings. The van der Waals surface area contributed by atoms with Gasteiger partial charge in [0, 0.05) is 16.0 Å². The summed E-state index contributed by atoms with van der Waals surface area (Å²) >= 11 is 1.67. The minimum Gasteiger partial charge on any atom is -0.325 e. The van der Waals surface area contributed by atoms with E-state index in [-0.39, 0.29) is 15.6 Å². The normalized spacial score (nSPS) is 20.1. The van der Waals surface area contributed by atoms with Crippen LogP contribution in [0.3, 0.4) is 0 Å². The highest BCUT2D eigenvalue weighted by Crippen LogP contribution is 2.55. The van der Waals surface area contributed by atoms with Crippen LogP contribution in [0.1, 0.15) is 24.3 Å². The van der Waals surface area contributed by atoms with Crippen molar-refractivity contribution in [3.05, 3.63) is 68.6 Å². The molecule has 0 aliphatic carbocycles. The molecule has 1 saturated heterocycles. The molecule has 5 rings (SSSR count). The van der Waals surface area contributed by atoms with Crippen LogP contribution in [0.25, 0.3) is 0 Å². The van der Waals surface area contributed by atoms with Gasteiger partial charge >= 0.3 is 11.0 Å². The summed E-state index contributed by atoms with van der Waals surface area (Å²) in [4.78, 5) is 53.2. The second kappa shape index (κ2) is 9.82. The Morgan fingerprint density at radius 2 is 1.68 bits per heavy atom. The second-order valence-corrected chi connectivity index (χ2v) is 13.6. The third-order valence-corrected chi connectivity index (χ3v) is 10.7. The Labute approximate surface area is 239 Å². The van der Waals surface area contributed by atoms with Gasteiger partial charge in [0.05, 0.1) is 27.1 Å². The van der Waals surface area contributed by atoms with Crippen LogP contribution in [0.2, 0.25) is 0 Å². The summed E-state index contributed by atoms with van der Waals surface area (Å²) in [7, 11) is -3.93. The quantitative estimate of drug-likeness (QED) is 0.414. The van der Waals surface area contributed by atoms with Crippen molar-refractivity contribution in [2.75, 3.05) is 10.2 Å². The number of thiazole rings is 1. The second-order valence-electron chi connectivity index (χ2n) is 9.97. The molecule has 3 heterocycles. The van der Waals surface area contributed by atoms with Crippen molar-refractivity contribution >= 4 is 62.2 Å². The van der Waals surface area contributed by atoms with Gasteiger partial charge in [0.25, 0.3) is 0 Å². The van der Waals surface area contributed by atoms with Crippen molar-refractivity contribution in [3.8, 4) is 0 Å². The number of nitrogens with two attached hydrogens (primary N) is 1. The summed E-state index contributed by atoms with van der Waals surface area (Å²) in [5.41, 5.74) is -2.56. The Bertz CT molecular complexity index is 1760. The van der Waals surface area contributed by atoms with Crippen LogP contribution in [-0.4, -0.2) is 36.0 Å². The number of fused-ring (bicyclic) bond motifs is 2. The van der Waals surface area contributed by atoms with Gasteiger partial charge in [-0.3, -0.25) is 23.7 Å². The predicted octanol–water partition coefficient (Wildman–Crippen LogP) is 3.16. The summed E-state index contributed by atoms with van der Waals surface area (Å²) in [5, 5.41) is 6.77. The fraction of sp³-hybridized carbons (Fsp3) is 0.280. The maximum absolute atomic E-state index is 13.7. The summed E-state index contributed by atoms with van der Waals surface area (Å²) in [5.74, 6) is -3.32. The number of thioether (sulfide) groups is 1. The fourth-order valence-electron chi connectivity index (χ4n) is 4.98. The van der Waals surface area contributed by atoms with Gasteiger partial charge in [0.1, 0.15) is 11.8 Å². The zero-order valence-corrected chi connectivity index (χ0v) is 23.7. The molecule has 3 aromatic rings. The minimum atomic E-state index is -4.81. The molecule has 216 valence electrons. The highest BCUT2D eigenvalue weighted by molar-refractivity contribution is 8.01. The van der Waals surface area contributed by atoms with E-state index in [0.29, 0.717) is 9.78 Å². The number of hydrogen-bond donors (Lipinski definition) is 2. The Balaban J connectivity index is 1.45. The molecule has 2 aromatic carbocycles. The van der Waals surface area contributed by atoms with Crippen LogP contribution in [0.4, 0.5) is 24.5 Å². The maximum Gasteiger partial charge on any atom is 0.418 e. The number of halogens is 3. The lowest BCUT2D eigenvalue weighted by Crippen LogP contribution is -2.42. The average Bonchev–Trinajstić information content (AvgIpc) is 3.32. The number of hydrogen-bond acceptors (Lipinski definition) is 8. The first-order chi connectivity index (χ1) is 19.0. The zero-order valence-electron chi connectivity index (χ0n) is 21.3. The lowest BCUT2D eigenvalue weighted by molar-refractivity contribution is -0.137. The number of benzene rings is 2. The Morgan fingerprint density at radius 1 is 1.05 bits per heavy atom. The third kappa shape index (κ3) is 4.98. The summed E-state index contributed by atoms with van der Waals surface area (Å²) in [6.45, 7) is 2.81. The molecule has 10 nitrogen and oxygen atoms in total. The zero-order chi connectivity index (χ0) is 30.1. The number of imide groups is 1. The van der Waals surface area contributed by atoms with E-state index in [1.54, 1.807) is 13.8 Å². The van der Waals surface area contributed by atoms with Gasteiger partial charge in [0.2, 0.25) is 27.7 Å². The number of primary sulfonamides is 1. The van der Waals surface area contributed by atoms with E-state index in [2.05, 4.69) is 5.32 Å². The van der Waals surface area contributed by atoms with Gasteiger partial charge in [-0.05, 0) is 36.4 Å². The van der Waals surface area contributed by atoms with Crippen LogP contribution in [0.5, 0.6) is 0 Å². The van der Waals surface area contributed by atoms with Gasteiger partial charge in [-0.2, -0.15) is 13.2 Å². The molecule has 3 amide bonds. The van der Waals surface area contributed by atoms with Gasteiger partial charge in [-0.1, -0.05) is 49.1 Å². The SMILES string of the molecule is CC1(C)c2sc(=O)n(CC(=O)Nc3ccc(S(N)(=O)=O)cc3)c2SC2C(=O)N(c3ccccc3C(F)(F)F)C(=O)C21. The van der Waals surface area contributed by atoms with E-state index in [4.69, 9.17) is 5.14 Å². The first-order valence-corrected chi connectivity index (χ1v) is 15.1. The maximum atomic E-state index is 13.7. The Morgan fingerprint density at radius 3 is 2.29 bits per heavy atom. The number of carbonyl (C=O) groups excluding carboxylic acids is 3. The van der Waals surface area contributed by atoms with Gasteiger partial charge in [-0.15, -0.1) is 0 Å². The molecule has 41 heavy (non-hydrogen) atoms. The Kier molecular flexibility index (Phi) is 6.95. The third-order valence-electron chi connectivity index (χ3n) is 6.92. The van der Waals surface area contributed by atoms with Crippen molar-refractivity contribution in [2.45, 2.75) is 47.2 Å². The van der Waals surface area contributed by atoms with E-state index in [0.717, 1.165) is 39.8 Å². The lowest BCUT2D eigenvalue weighted by atomic mass is 9.76. The largest absolute Gasteiger partial charge is 0.418 e. The topological polar surface area (TPSA) is 149 Å². The van der Waals surface area contributed by atoms with Crippen molar-refractivity contribution in [1.82, 2.24) is 4.57 Å². The molecule has 2 aliphatic heterocycles. The number of rotatable bonds is 5. The first kappa shape index (κ1) is 29.0. The molecule has 1 aromatic heterocycles. The number of sulfonamides is 1. The number of aromatic nitrogens is 1. The predicted molar refractivity (Wildman–Crippen MR) is 145 cm³/mol. The minimum absolute atomic E-state index is 0.158. The summed E-state index contributed by atoms with van der Waals surface area (Å²) in [6, 6.07) is 9.38. The number of nitrogens with zero attached hydrogens (tertiary/aromatic N) is 2. The lowest BCUT2D eigenvalue weighted by Gasteiger charge is -2.36. The van der Waals surface area contributed by atoms with Gasteiger partial charge in [-0.25, -0.2) is 18.5 Å². The molecule has 0 bridgehead atoms. The molecule has 0 saturated carbocycles. The average molecular weight is 627 g/mol. The van der Waals surface area contributed by atoms with E-state index < -0.39 is 73.2 Å². The number of alkyl halides is 3. The van der Waals surface area contributed by atoms with Crippen LogP contribution in [-0.2, 0) is 42.5 Å². The molecule has 2 atom stereocenters. The van der Waals surface area contributed by atoms with Crippen molar-refractivity contribution in [1.29, 1.82) is 0 Å². The van der Waals surface area contributed by atoms with E-state index in [9.17, 15) is 40.8 Å². The van der Waals surface area contributed by atoms with Crippen LogP contribution in [0, 0.1) is 5.92 Å². The highest BCUT2D eigenvalue weighted by atomic mass is 32.2. The standard InChI is InChI=1S/C25H21F3N4O6S3/c1-24(2)17-18(21(35)32(20(17)34)15-6-4-3-5-14(15)25(26,27)28)39-22-19(24)40-23(36)31(22)11-16(33)30-12-7-9-13(10-8-12)41(29,37)38/h3-10,17-18H,11H2,1-2H3,(H,30,33)(H2,29,37,38). The van der Waals surface area contributed by atoms with Crippen molar-refractivity contribution in [3.63, 3.8) is 0 Å². The molecule has 2 unspecified atom stereocenters.